The van der Waals surface area contributed by atoms with Crippen LogP contribution in [0, 0.1) is 6.92 Å². The van der Waals surface area contributed by atoms with Gasteiger partial charge in [-0.2, -0.15) is 0 Å². The number of hydrogen-bond acceptors (Lipinski definition) is 4. The van der Waals surface area contributed by atoms with Crippen LogP contribution < -0.4 is 4.74 Å². The third kappa shape index (κ3) is 5.73. The maximum atomic E-state index is 10.7. The lowest BCUT2D eigenvalue weighted by atomic mass is 10.1. The van der Waals surface area contributed by atoms with E-state index in [1.165, 1.54) is 5.56 Å². The highest BCUT2D eigenvalue weighted by Gasteiger charge is 2.22. The molecule has 1 unspecified atom stereocenters. The van der Waals surface area contributed by atoms with Crippen molar-refractivity contribution in [1.29, 1.82) is 0 Å². The number of morpholine rings is 1. The molecule has 0 saturated carbocycles. The molecule has 2 aromatic rings. The lowest BCUT2D eigenvalue weighted by molar-refractivity contribution is -0.137. The zero-order valence-corrected chi connectivity index (χ0v) is 15.6. The maximum Gasteiger partial charge on any atom is 0.304 e. The molecule has 1 aliphatic heterocycles. The van der Waals surface area contributed by atoms with Crippen LogP contribution in [0.1, 0.15) is 23.7 Å². The van der Waals surface area contributed by atoms with Crippen LogP contribution in [0.2, 0.25) is 0 Å². The van der Waals surface area contributed by atoms with Crippen molar-refractivity contribution in [3.8, 4) is 11.5 Å². The first kappa shape index (κ1) is 20.2. The molecule has 140 valence electrons. The number of aliphatic carboxylic acids is 1. The van der Waals surface area contributed by atoms with E-state index in [1.807, 2.05) is 55.5 Å². The minimum atomic E-state index is -0.763. The topological polar surface area (TPSA) is 59.0 Å². The standard InChI is InChI=1S/C20H23NO4.ClH/c1-15-2-6-17(7-3-15)25-18-8-4-16(5-9-18)19-14-21(12-13-24-19)11-10-20(22)23;/h2-9,19H,10-14H2,1H3,(H,22,23);1H. The summed E-state index contributed by atoms with van der Waals surface area (Å²) in [5.41, 5.74) is 2.28. The van der Waals surface area contributed by atoms with E-state index in [4.69, 9.17) is 14.6 Å². The fraction of sp³-hybridized carbons (Fsp3) is 0.350. The molecule has 6 heteroatoms. The Morgan fingerprint density at radius 3 is 2.38 bits per heavy atom. The van der Waals surface area contributed by atoms with Gasteiger partial charge in [-0.1, -0.05) is 29.8 Å². The quantitative estimate of drug-likeness (QED) is 0.822. The molecule has 0 bridgehead atoms. The maximum absolute atomic E-state index is 10.7. The number of nitrogens with zero attached hydrogens (tertiary/aromatic N) is 1. The Hall–Kier alpha value is -2.08. The van der Waals surface area contributed by atoms with Crippen LogP contribution in [-0.4, -0.2) is 42.2 Å². The van der Waals surface area contributed by atoms with E-state index in [9.17, 15) is 4.79 Å². The molecule has 1 fully saturated rings. The van der Waals surface area contributed by atoms with Gasteiger partial charge in [-0.3, -0.25) is 9.69 Å². The fourth-order valence-electron chi connectivity index (χ4n) is 2.85. The number of hydrogen-bond donors (Lipinski definition) is 1. The molecule has 1 aliphatic rings. The summed E-state index contributed by atoms with van der Waals surface area (Å²) in [5.74, 6) is 0.832. The molecule has 0 aliphatic carbocycles. The number of aryl methyl sites for hydroxylation is 1. The number of rotatable bonds is 6. The zero-order chi connectivity index (χ0) is 17.6. The molecule has 3 rings (SSSR count). The van der Waals surface area contributed by atoms with Crippen molar-refractivity contribution < 1.29 is 19.4 Å². The van der Waals surface area contributed by atoms with Crippen LogP contribution in [0.5, 0.6) is 11.5 Å². The van der Waals surface area contributed by atoms with Gasteiger partial charge in [-0.05, 0) is 36.8 Å². The van der Waals surface area contributed by atoms with Crippen LogP contribution in [0.15, 0.2) is 48.5 Å². The normalized spacial score (nSPS) is 17.3. The van der Waals surface area contributed by atoms with Crippen LogP contribution >= 0.6 is 12.4 Å². The Labute approximate surface area is 159 Å². The van der Waals surface area contributed by atoms with Gasteiger partial charge in [0.1, 0.15) is 11.5 Å². The highest BCUT2D eigenvalue weighted by atomic mass is 35.5. The smallest absolute Gasteiger partial charge is 0.304 e. The lowest BCUT2D eigenvalue weighted by Crippen LogP contribution is -2.39. The molecule has 0 amide bonds. The number of halogens is 1. The van der Waals surface area contributed by atoms with E-state index < -0.39 is 5.97 Å². The molecular formula is C20H24ClNO4. The minimum absolute atomic E-state index is 0. The van der Waals surface area contributed by atoms with Gasteiger partial charge >= 0.3 is 5.97 Å². The van der Waals surface area contributed by atoms with E-state index in [1.54, 1.807) is 0 Å². The first-order valence-electron chi connectivity index (χ1n) is 8.50. The molecule has 1 heterocycles. The largest absolute Gasteiger partial charge is 0.481 e. The Bertz CT molecular complexity index is 703. The minimum Gasteiger partial charge on any atom is -0.481 e. The van der Waals surface area contributed by atoms with Crippen LogP contribution in [-0.2, 0) is 9.53 Å². The molecule has 1 atom stereocenters. The molecule has 1 saturated heterocycles. The van der Waals surface area contributed by atoms with Gasteiger partial charge in [0.05, 0.1) is 19.1 Å². The second kappa shape index (κ2) is 9.57. The van der Waals surface area contributed by atoms with E-state index in [-0.39, 0.29) is 24.9 Å². The molecule has 5 nitrogen and oxygen atoms in total. The van der Waals surface area contributed by atoms with Crippen LogP contribution in [0.3, 0.4) is 0 Å². The third-order valence-corrected chi connectivity index (χ3v) is 4.30. The van der Waals surface area contributed by atoms with Gasteiger partial charge in [-0.15, -0.1) is 12.4 Å². The monoisotopic (exact) mass is 377 g/mol. The Kier molecular flexibility index (Phi) is 7.45. The average Bonchev–Trinajstić information content (AvgIpc) is 2.63. The van der Waals surface area contributed by atoms with Gasteiger partial charge in [0.25, 0.3) is 0 Å². The van der Waals surface area contributed by atoms with E-state index in [0.29, 0.717) is 19.7 Å². The molecule has 0 radical (unpaired) electrons. The molecule has 1 N–H and O–H groups in total. The Morgan fingerprint density at radius 1 is 1.15 bits per heavy atom. The predicted molar refractivity (Wildman–Crippen MR) is 102 cm³/mol. The van der Waals surface area contributed by atoms with Gasteiger partial charge in [-0.25, -0.2) is 0 Å². The summed E-state index contributed by atoms with van der Waals surface area (Å²) in [6, 6.07) is 15.8. The van der Waals surface area contributed by atoms with Gasteiger partial charge in [0.2, 0.25) is 0 Å². The summed E-state index contributed by atoms with van der Waals surface area (Å²) < 4.78 is 11.7. The van der Waals surface area contributed by atoms with E-state index >= 15 is 0 Å². The van der Waals surface area contributed by atoms with Gasteiger partial charge in [0, 0.05) is 19.6 Å². The SMILES string of the molecule is Cc1ccc(Oc2ccc(C3CN(CCC(=O)O)CCO3)cc2)cc1.Cl. The first-order valence-corrected chi connectivity index (χ1v) is 8.50. The van der Waals surface area contributed by atoms with Gasteiger partial charge < -0.3 is 14.6 Å². The summed E-state index contributed by atoms with van der Waals surface area (Å²) in [6.45, 7) is 4.71. The summed E-state index contributed by atoms with van der Waals surface area (Å²) in [6.07, 6.45) is 0.131. The molecule has 26 heavy (non-hydrogen) atoms. The van der Waals surface area contributed by atoms with Crippen molar-refractivity contribution in [1.82, 2.24) is 4.90 Å². The summed E-state index contributed by atoms with van der Waals surface area (Å²) >= 11 is 0. The summed E-state index contributed by atoms with van der Waals surface area (Å²) in [7, 11) is 0. The predicted octanol–water partition coefficient (Wildman–Crippen LogP) is 4.06. The zero-order valence-electron chi connectivity index (χ0n) is 14.8. The lowest BCUT2D eigenvalue weighted by Gasteiger charge is -2.32. The molecule has 0 spiro atoms. The molecule has 2 aromatic carbocycles. The Balaban J connectivity index is 0.00000243. The summed E-state index contributed by atoms with van der Waals surface area (Å²) in [4.78, 5) is 12.9. The summed E-state index contributed by atoms with van der Waals surface area (Å²) in [5, 5.41) is 8.82. The van der Waals surface area contributed by atoms with Crippen molar-refractivity contribution in [2.45, 2.75) is 19.4 Å². The number of carboxylic acid groups (broad SMARTS) is 1. The average molecular weight is 378 g/mol. The van der Waals surface area contributed by atoms with E-state index in [0.717, 1.165) is 23.6 Å². The van der Waals surface area contributed by atoms with Crippen molar-refractivity contribution in [2.24, 2.45) is 0 Å². The van der Waals surface area contributed by atoms with Crippen LogP contribution in [0.25, 0.3) is 0 Å². The number of carbonyl (C=O) groups is 1. The Morgan fingerprint density at radius 2 is 1.77 bits per heavy atom. The van der Waals surface area contributed by atoms with E-state index in [2.05, 4.69) is 4.90 Å². The second-order valence-electron chi connectivity index (χ2n) is 6.29. The molecular weight excluding hydrogens is 354 g/mol. The highest BCUT2D eigenvalue weighted by molar-refractivity contribution is 5.85. The van der Waals surface area contributed by atoms with Crippen LogP contribution in [0.4, 0.5) is 0 Å². The fourth-order valence-corrected chi connectivity index (χ4v) is 2.85. The van der Waals surface area contributed by atoms with Gasteiger partial charge in [0.15, 0.2) is 0 Å². The van der Waals surface area contributed by atoms with Crippen molar-refractivity contribution in [3.05, 3.63) is 59.7 Å². The highest BCUT2D eigenvalue weighted by Crippen LogP contribution is 2.27. The van der Waals surface area contributed by atoms with Crippen molar-refractivity contribution in [2.75, 3.05) is 26.2 Å². The van der Waals surface area contributed by atoms with Crippen molar-refractivity contribution >= 4 is 18.4 Å². The number of benzene rings is 2. The van der Waals surface area contributed by atoms with Crippen molar-refractivity contribution in [3.63, 3.8) is 0 Å². The molecule has 0 aromatic heterocycles. The number of ether oxygens (including phenoxy) is 2. The third-order valence-electron chi connectivity index (χ3n) is 4.30. The number of carboxylic acids is 1. The first-order chi connectivity index (χ1) is 12.1. The second-order valence-corrected chi connectivity index (χ2v) is 6.29.